The topological polar surface area (TPSA) is 41.9 Å². The average Bonchev–Trinajstić information content (AvgIpc) is 3.07. The lowest BCUT2D eigenvalue weighted by Crippen LogP contribution is -2.49. The zero-order valence-corrected chi connectivity index (χ0v) is 24.3. The van der Waals surface area contributed by atoms with E-state index >= 15 is 0 Å². The van der Waals surface area contributed by atoms with Crippen LogP contribution in [0.3, 0.4) is 0 Å². The number of benzene rings is 5. The first kappa shape index (κ1) is 27.5. The molecule has 5 aromatic rings. The molecule has 5 aromatic carbocycles. The van der Waals surface area contributed by atoms with Gasteiger partial charge in [0.2, 0.25) is 0 Å². The maximum Gasteiger partial charge on any atom is 0.162 e. The molecule has 1 fully saturated rings. The lowest BCUT2D eigenvalue weighted by atomic mass is 9.72. The smallest absolute Gasteiger partial charge is 0.162 e. The molecular formula is C39H37NO3. The molecule has 0 spiro atoms. The number of nitrogens with zero attached hydrogens (tertiary/aromatic N) is 1. The summed E-state index contributed by atoms with van der Waals surface area (Å²) in [6.45, 7) is 1.85. The van der Waals surface area contributed by atoms with Gasteiger partial charge in [-0.05, 0) is 51.9 Å². The van der Waals surface area contributed by atoms with Gasteiger partial charge in [-0.2, -0.15) is 0 Å². The Bertz CT molecular complexity index is 1640. The highest BCUT2D eigenvalue weighted by atomic mass is 16.5. The molecule has 0 aromatic heterocycles. The van der Waals surface area contributed by atoms with Gasteiger partial charge in [-0.15, -0.1) is 0 Å². The van der Waals surface area contributed by atoms with E-state index in [4.69, 9.17) is 9.47 Å². The largest absolute Gasteiger partial charge is 0.485 e. The first-order valence-corrected chi connectivity index (χ1v) is 15.3. The van der Waals surface area contributed by atoms with Gasteiger partial charge in [0.1, 0.15) is 13.2 Å². The van der Waals surface area contributed by atoms with Crippen LogP contribution in [0.15, 0.2) is 133 Å². The first-order valence-electron chi connectivity index (χ1n) is 15.3. The van der Waals surface area contributed by atoms with Crippen molar-refractivity contribution in [2.45, 2.75) is 50.2 Å². The highest BCUT2D eigenvalue weighted by Gasteiger charge is 2.47. The van der Waals surface area contributed by atoms with E-state index in [1.165, 1.54) is 16.7 Å². The molecule has 7 rings (SSSR count). The summed E-state index contributed by atoms with van der Waals surface area (Å²) in [5.41, 5.74) is 5.98. The molecule has 0 saturated carbocycles. The van der Waals surface area contributed by atoms with Crippen molar-refractivity contribution in [3.8, 4) is 11.5 Å². The number of hydrogen-bond donors (Lipinski definition) is 1. The Labute approximate surface area is 254 Å². The molecule has 0 radical (unpaired) electrons. The van der Waals surface area contributed by atoms with Crippen LogP contribution in [-0.4, -0.2) is 16.6 Å². The van der Waals surface area contributed by atoms with Gasteiger partial charge in [0.05, 0.1) is 5.60 Å². The van der Waals surface area contributed by atoms with Gasteiger partial charge < -0.3 is 14.6 Å². The summed E-state index contributed by atoms with van der Waals surface area (Å²) < 4.78 is 12.9. The van der Waals surface area contributed by atoms with E-state index < -0.39 is 5.60 Å². The lowest BCUT2D eigenvalue weighted by Gasteiger charge is -2.52. The molecule has 2 aliphatic heterocycles. The molecule has 4 nitrogen and oxygen atoms in total. The highest BCUT2D eigenvalue weighted by molar-refractivity contribution is 5.50. The number of hydrogen-bond acceptors (Lipinski definition) is 4. The second-order valence-corrected chi connectivity index (χ2v) is 11.8. The molecule has 1 saturated heterocycles. The van der Waals surface area contributed by atoms with Gasteiger partial charge in [0.25, 0.3) is 0 Å². The van der Waals surface area contributed by atoms with Crippen LogP contribution in [0, 0.1) is 0 Å². The van der Waals surface area contributed by atoms with Gasteiger partial charge in [0.15, 0.2) is 11.5 Å². The van der Waals surface area contributed by atoms with Crippen molar-refractivity contribution in [2.24, 2.45) is 0 Å². The second-order valence-electron chi connectivity index (χ2n) is 11.8. The van der Waals surface area contributed by atoms with Crippen LogP contribution in [0.5, 0.6) is 11.5 Å². The van der Waals surface area contributed by atoms with Gasteiger partial charge in [-0.1, -0.05) is 121 Å². The van der Waals surface area contributed by atoms with Crippen LogP contribution in [0.1, 0.15) is 58.3 Å². The van der Waals surface area contributed by atoms with E-state index in [2.05, 4.69) is 83.8 Å². The molecule has 2 aliphatic rings. The van der Waals surface area contributed by atoms with Crippen LogP contribution in [0.2, 0.25) is 0 Å². The molecule has 0 bridgehead atoms. The Morgan fingerprint density at radius 2 is 1.14 bits per heavy atom. The number of aliphatic hydroxyl groups is 1. The van der Waals surface area contributed by atoms with Crippen LogP contribution in [0.25, 0.3) is 0 Å². The molecule has 43 heavy (non-hydrogen) atoms. The minimum Gasteiger partial charge on any atom is -0.485 e. The summed E-state index contributed by atoms with van der Waals surface area (Å²) in [6.07, 6.45) is 2.19. The Morgan fingerprint density at radius 1 is 0.628 bits per heavy atom. The molecule has 3 atom stereocenters. The zero-order chi connectivity index (χ0) is 29.1. The highest BCUT2D eigenvalue weighted by Crippen LogP contribution is 2.53. The van der Waals surface area contributed by atoms with Gasteiger partial charge in [0, 0.05) is 31.5 Å². The lowest BCUT2D eigenvalue weighted by molar-refractivity contribution is -0.0856. The maximum absolute atomic E-state index is 12.3. The van der Waals surface area contributed by atoms with E-state index in [-0.39, 0.29) is 12.1 Å². The molecule has 0 aliphatic carbocycles. The summed E-state index contributed by atoms with van der Waals surface area (Å²) in [7, 11) is 0. The van der Waals surface area contributed by atoms with E-state index in [0.29, 0.717) is 26.1 Å². The van der Waals surface area contributed by atoms with Gasteiger partial charge in [-0.3, -0.25) is 4.90 Å². The molecule has 1 N–H and O–H groups in total. The normalized spacial score (nSPS) is 21.4. The fourth-order valence-electron chi connectivity index (χ4n) is 6.83. The fraction of sp³-hybridized carbons (Fsp3) is 0.231. The summed E-state index contributed by atoms with van der Waals surface area (Å²) in [6, 6.07) is 45.9. The molecular weight excluding hydrogens is 530 g/mol. The van der Waals surface area contributed by atoms with Crippen molar-refractivity contribution in [1.29, 1.82) is 0 Å². The summed E-state index contributed by atoms with van der Waals surface area (Å²) >= 11 is 0. The molecule has 4 heteroatoms. The van der Waals surface area contributed by atoms with Gasteiger partial charge >= 0.3 is 0 Å². The number of rotatable bonds is 8. The Kier molecular flexibility index (Phi) is 7.71. The molecule has 216 valence electrons. The molecule has 0 unspecified atom stereocenters. The predicted molar refractivity (Wildman–Crippen MR) is 170 cm³/mol. The summed E-state index contributed by atoms with van der Waals surface area (Å²) in [5, 5.41) is 12.3. The fourth-order valence-corrected chi connectivity index (χ4v) is 6.83. The van der Waals surface area contributed by atoms with Crippen molar-refractivity contribution in [3.63, 3.8) is 0 Å². The summed E-state index contributed by atoms with van der Waals surface area (Å²) in [4.78, 5) is 2.60. The van der Waals surface area contributed by atoms with Crippen LogP contribution in [-0.2, 0) is 25.2 Å². The number of fused-ring (bicyclic) bond motifs is 3. The van der Waals surface area contributed by atoms with Crippen LogP contribution < -0.4 is 9.47 Å². The SMILES string of the molecule is O[C@]1(c2ccccc2)C[C@@H](c2ccccc2)N2CCc3cc(OCc4ccccc4)c(OCc4ccccc4)cc3[C@@H]2C1. The van der Waals surface area contributed by atoms with E-state index in [1.807, 2.05) is 54.6 Å². The predicted octanol–water partition coefficient (Wildman–Crippen LogP) is 8.17. The van der Waals surface area contributed by atoms with Crippen molar-refractivity contribution in [3.05, 3.63) is 167 Å². The summed E-state index contributed by atoms with van der Waals surface area (Å²) in [5.74, 6) is 1.51. The number of ether oxygens (including phenoxy) is 2. The maximum atomic E-state index is 12.3. The van der Waals surface area contributed by atoms with E-state index in [1.54, 1.807) is 0 Å². The zero-order valence-electron chi connectivity index (χ0n) is 24.3. The third-order valence-corrected chi connectivity index (χ3v) is 9.04. The minimum absolute atomic E-state index is 0.0372. The Hall–Kier alpha value is -4.38. The number of piperidine rings is 1. The molecule has 0 amide bonds. The van der Waals surface area contributed by atoms with E-state index in [9.17, 15) is 5.11 Å². The van der Waals surface area contributed by atoms with Crippen LogP contribution >= 0.6 is 0 Å². The standard InChI is InChI=1S/C39H37NO3/c41-39(33-19-11-4-12-20-33)25-35(31-17-9-3-10-18-31)40-22-21-32-23-37(42-27-29-13-5-1-6-14-29)38(24-34(32)36(40)26-39)43-28-30-15-7-2-8-16-30/h1-20,23-24,35-36,41H,21-22,25-28H2/t35-,36-,39+/m0/s1. The monoisotopic (exact) mass is 567 g/mol. The van der Waals surface area contributed by atoms with E-state index in [0.717, 1.165) is 41.2 Å². The third kappa shape index (κ3) is 5.81. The minimum atomic E-state index is -0.953. The van der Waals surface area contributed by atoms with Crippen molar-refractivity contribution in [2.75, 3.05) is 6.54 Å². The van der Waals surface area contributed by atoms with Crippen molar-refractivity contribution >= 4 is 0 Å². The molecule has 2 heterocycles. The van der Waals surface area contributed by atoms with Crippen molar-refractivity contribution in [1.82, 2.24) is 4.90 Å². The Balaban J connectivity index is 1.28. The Morgan fingerprint density at radius 3 is 1.74 bits per heavy atom. The second kappa shape index (κ2) is 12.1. The average molecular weight is 568 g/mol. The quantitative estimate of drug-likeness (QED) is 0.205. The van der Waals surface area contributed by atoms with Gasteiger partial charge in [-0.25, -0.2) is 0 Å². The third-order valence-electron chi connectivity index (χ3n) is 9.04. The first-order chi connectivity index (χ1) is 21.2. The van der Waals surface area contributed by atoms with Crippen LogP contribution in [0.4, 0.5) is 0 Å². The van der Waals surface area contributed by atoms with Crippen molar-refractivity contribution < 1.29 is 14.6 Å².